The minimum atomic E-state index is -0.553. The van der Waals surface area contributed by atoms with Gasteiger partial charge in [-0.3, -0.25) is 4.79 Å². The number of carbonyl (C=O) groups is 2. The molecule has 0 unspecified atom stereocenters. The van der Waals surface area contributed by atoms with Crippen molar-refractivity contribution in [1.82, 2.24) is 4.90 Å². The van der Waals surface area contributed by atoms with Crippen LogP contribution in [0.4, 0.5) is 11.4 Å². The third-order valence-corrected chi connectivity index (χ3v) is 3.92. The minimum absolute atomic E-state index is 0.118. The number of rotatable bonds is 7. The van der Waals surface area contributed by atoms with Gasteiger partial charge in [-0.05, 0) is 32.4 Å². The Hall–Kier alpha value is -2.54. The number of para-hydroxylation sites is 1. The number of methoxy groups -OCH3 is 1. The average molecular weight is 347 g/mol. The van der Waals surface area contributed by atoms with E-state index in [0.717, 1.165) is 11.3 Å². The normalized spacial score (nSPS) is 14.3. The highest BCUT2D eigenvalue weighted by Crippen LogP contribution is 2.30. The van der Waals surface area contributed by atoms with Gasteiger partial charge in [-0.15, -0.1) is 0 Å². The molecule has 7 heteroatoms. The topological polar surface area (TPSA) is 90.9 Å². The molecule has 0 spiro atoms. The Morgan fingerprint density at radius 1 is 1.40 bits per heavy atom. The maximum Gasteiger partial charge on any atom is 0.337 e. The first-order valence-electron chi connectivity index (χ1n) is 8.23. The summed E-state index contributed by atoms with van der Waals surface area (Å²) < 4.78 is 4.80. The lowest BCUT2D eigenvalue weighted by Crippen LogP contribution is -2.31. The molecule has 1 aliphatic heterocycles. The van der Waals surface area contributed by atoms with Crippen LogP contribution < -0.4 is 10.6 Å². The van der Waals surface area contributed by atoms with Crippen molar-refractivity contribution < 1.29 is 19.4 Å². The molecular formula is C18H25N3O4. The Balaban J connectivity index is 2.40. The second-order valence-electron chi connectivity index (χ2n) is 6.22. The van der Waals surface area contributed by atoms with Gasteiger partial charge in [0.25, 0.3) is 5.91 Å². The molecule has 1 aromatic rings. The highest BCUT2D eigenvalue weighted by Gasteiger charge is 2.34. The Kier molecular flexibility index (Phi) is 6.03. The number of hydrogen-bond donors (Lipinski definition) is 3. The number of hydrogen-bond acceptors (Lipinski definition) is 6. The number of benzene rings is 1. The zero-order valence-corrected chi connectivity index (χ0v) is 15.0. The van der Waals surface area contributed by atoms with Crippen LogP contribution in [-0.4, -0.2) is 54.7 Å². The molecule has 0 saturated heterocycles. The van der Waals surface area contributed by atoms with E-state index in [9.17, 15) is 9.59 Å². The van der Waals surface area contributed by atoms with Gasteiger partial charge in [-0.1, -0.05) is 12.1 Å². The van der Waals surface area contributed by atoms with E-state index < -0.39 is 5.97 Å². The standard InChI is InChI=1S/C18H25N3O4/c1-11(2)19-15-12(3)6-5-7-14(15)20-16-13(18(24)25-4)10-21(8-9-22)17(16)23/h5-7,11,19-20,22H,8-10H2,1-4H3. The first-order valence-corrected chi connectivity index (χ1v) is 8.23. The third kappa shape index (κ3) is 4.11. The van der Waals surface area contributed by atoms with Gasteiger partial charge in [-0.2, -0.15) is 0 Å². The van der Waals surface area contributed by atoms with E-state index in [1.54, 1.807) is 0 Å². The van der Waals surface area contributed by atoms with E-state index in [1.165, 1.54) is 12.0 Å². The van der Waals surface area contributed by atoms with Crippen molar-refractivity contribution in [2.75, 3.05) is 37.4 Å². The van der Waals surface area contributed by atoms with Crippen molar-refractivity contribution >= 4 is 23.3 Å². The quantitative estimate of drug-likeness (QED) is 0.648. The first kappa shape index (κ1) is 18.8. The summed E-state index contributed by atoms with van der Waals surface area (Å²) in [6.07, 6.45) is 0. The largest absolute Gasteiger partial charge is 0.466 e. The lowest BCUT2D eigenvalue weighted by molar-refractivity contribution is -0.136. The number of nitrogens with one attached hydrogen (secondary N) is 2. The van der Waals surface area contributed by atoms with Gasteiger partial charge in [-0.25, -0.2) is 4.79 Å². The highest BCUT2D eigenvalue weighted by atomic mass is 16.5. The summed E-state index contributed by atoms with van der Waals surface area (Å²) in [6.45, 7) is 6.14. The monoisotopic (exact) mass is 347 g/mol. The number of aryl methyl sites for hydroxylation is 1. The number of aliphatic hydroxyl groups is 1. The zero-order valence-electron chi connectivity index (χ0n) is 15.0. The molecule has 25 heavy (non-hydrogen) atoms. The van der Waals surface area contributed by atoms with Crippen LogP contribution in [0, 0.1) is 6.92 Å². The number of ether oxygens (including phenoxy) is 1. The molecule has 0 saturated carbocycles. The SMILES string of the molecule is COC(=O)C1=C(Nc2cccc(C)c2NC(C)C)C(=O)N(CCO)C1. The molecular weight excluding hydrogens is 322 g/mol. The van der Waals surface area contributed by atoms with Crippen molar-refractivity contribution in [3.05, 3.63) is 35.0 Å². The van der Waals surface area contributed by atoms with Gasteiger partial charge < -0.3 is 25.4 Å². The van der Waals surface area contributed by atoms with Crippen LogP contribution in [0.25, 0.3) is 0 Å². The van der Waals surface area contributed by atoms with E-state index in [2.05, 4.69) is 10.6 Å². The van der Waals surface area contributed by atoms with Crippen LogP contribution in [0.5, 0.6) is 0 Å². The van der Waals surface area contributed by atoms with E-state index >= 15 is 0 Å². The molecule has 3 N–H and O–H groups in total. The number of carbonyl (C=O) groups excluding carboxylic acids is 2. The highest BCUT2D eigenvalue weighted by molar-refractivity contribution is 6.09. The summed E-state index contributed by atoms with van der Waals surface area (Å²) in [5, 5.41) is 15.6. The average Bonchev–Trinajstić information content (AvgIpc) is 2.87. The predicted molar refractivity (Wildman–Crippen MR) is 96.3 cm³/mol. The maximum atomic E-state index is 12.6. The predicted octanol–water partition coefficient (Wildman–Crippen LogP) is 1.49. The van der Waals surface area contributed by atoms with Gasteiger partial charge in [0.1, 0.15) is 5.70 Å². The fourth-order valence-corrected chi connectivity index (χ4v) is 2.74. The van der Waals surface area contributed by atoms with Crippen LogP contribution in [0.3, 0.4) is 0 Å². The lowest BCUT2D eigenvalue weighted by Gasteiger charge is -2.19. The molecule has 7 nitrogen and oxygen atoms in total. The molecule has 0 aromatic heterocycles. The Labute approximate surface area is 147 Å². The number of β-amino-alcohol motifs (C(OH)–C–C–N with tert-alkyl or cyclic N) is 1. The van der Waals surface area contributed by atoms with Crippen LogP contribution in [0.1, 0.15) is 19.4 Å². The second-order valence-corrected chi connectivity index (χ2v) is 6.22. The van der Waals surface area contributed by atoms with Crippen LogP contribution >= 0.6 is 0 Å². The van der Waals surface area contributed by atoms with Crippen LogP contribution in [-0.2, 0) is 14.3 Å². The Morgan fingerprint density at radius 2 is 2.12 bits per heavy atom. The molecule has 2 rings (SSSR count). The Morgan fingerprint density at radius 3 is 2.72 bits per heavy atom. The number of nitrogens with zero attached hydrogens (tertiary/aromatic N) is 1. The van der Waals surface area contributed by atoms with Gasteiger partial charge in [0.15, 0.2) is 0 Å². The van der Waals surface area contributed by atoms with E-state index in [4.69, 9.17) is 9.84 Å². The molecule has 136 valence electrons. The van der Waals surface area contributed by atoms with Crippen molar-refractivity contribution in [3.8, 4) is 0 Å². The summed E-state index contributed by atoms with van der Waals surface area (Å²) in [4.78, 5) is 26.1. The number of amides is 1. The molecule has 1 aliphatic rings. The summed E-state index contributed by atoms with van der Waals surface area (Å²) in [6, 6.07) is 5.91. The molecule has 1 aromatic carbocycles. The first-order chi connectivity index (χ1) is 11.9. The van der Waals surface area contributed by atoms with Gasteiger partial charge in [0, 0.05) is 12.6 Å². The molecule has 0 bridgehead atoms. The second kappa shape index (κ2) is 8.02. The summed E-state index contributed by atoms with van der Waals surface area (Å²) in [7, 11) is 1.28. The molecule has 0 radical (unpaired) electrons. The molecule has 1 heterocycles. The molecule has 0 fully saturated rings. The number of aliphatic hydroxyl groups excluding tert-OH is 1. The summed E-state index contributed by atoms with van der Waals surface area (Å²) >= 11 is 0. The van der Waals surface area contributed by atoms with Crippen molar-refractivity contribution in [1.29, 1.82) is 0 Å². The summed E-state index contributed by atoms with van der Waals surface area (Å²) in [5.74, 6) is -0.881. The van der Waals surface area contributed by atoms with Crippen molar-refractivity contribution in [3.63, 3.8) is 0 Å². The molecule has 1 amide bonds. The minimum Gasteiger partial charge on any atom is -0.466 e. The van der Waals surface area contributed by atoms with Gasteiger partial charge in [0.2, 0.25) is 0 Å². The fraction of sp³-hybridized carbons (Fsp3) is 0.444. The molecule has 0 aliphatic carbocycles. The van der Waals surface area contributed by atoms with E-state index in [1.807, 2.05) is 39.0 Å². The third-order valence-electron chi connectivity index (χ3n) is 3.92. The van der Waals surface area contributed by atoms with Gasteiger partial charge in [0.05, 0.1) is 37.2 Å². The number of anilines is 2. The summed E-state index contributed by atoms with van der Waals surface area (Å²) in [5.41, 5.74) is 3.07. The number of esters is 1. The zero-order chi connectivity index (χ0) is 18.6. The Bertz CT molecular complexity index is 698. The smallest absolute Gasteiger partial charge is 0.337 e. The fourth-order valence-electron chi connectivity index (χ4n) is 2.74. The van der Waals surface area contributed by atoms with E-state index in [-0.39, 0.29) is 42.9 Å². The van der Waals surface area contributed by atoms with E-state index in [0.29, 0.717) is 5.69 Å². The van der Waals surface area contributed by atoms with Crippen LogP contribution in [0.2, 0.25) is 0 Å². The molecule has 0 atom stereocenters. The van der Waals surface area contributed by atoms with Crippen molar-refractivity contribution in [2.45, 2.75) is 26.8 Å². The lowest BCUT2D eigenvalue weighted by atomic mass is 10.1. The van der Waals surface area contributed by atoms with Gasteiger partial charge >= 0.3 is 5.97 Å². The van der Waals surface area contributed by atoms with Crippen LogP contribution in [0.15, 0.2) is 29.5 Å². The maximum absolute atomic E-state index is 12.6. The van der Waals surface area contributed by atoms with Crippen molar-refractivity contribution in [2.24, 2.45) is 0 Å².